The van der Waals surface area contributed by atoms with E-state index in [0.717, 1.165) is 54.1 Å². The van der Waals surface area contributed by atoms with Crippen LogP contribution in [-0.4, -0.2) is 55.4 Å². The molecule has 0 saturated carbocycles. The zero-order chi connectivity index (χ0) is 27.9. The predicted molar refractivity (Wildman–Crippen MR) is 155 cm³/mol. The molecule has 204 valence electrons. The highest BCUT2D eigenvalue weighted by atomic mass is 16.5. The zero-order valence-electron chi connectivity index (χ0n) is 23.8. The van der Waals surface area contributed by atoms with E-state index in [2.05, 4.69) is 37.6 Å². The maximum absolute atomic E-state index is 14.1. The minimum atomic E-state index is -0.736. The van der Waals surface area contributed by atoms with E-state index >= 15 is 0 Å². The van der Waals surface area contributed by atoms with Crippen LogP contribution >= 0.6 is 0 Å². The lowest BCUT2D eigenvalue weighted by Crippen LogP contribution is -2.45. The number of anilines is 1. The van der Waals surface area contributed by atoms with Crippen LogP contribution in [0.15, 0.2) is 54.6 Å². The summed E-state index contributed by atoms with van der Waals surface area (Å²) in [4.78, 5) is 23.0. The molecule has 0 amide bonds. The number of carbonyl (C=O) groups is 1. The monoisotopic (exact) mass is 526 g/mol. The molecule has 1 saturated heterocycles. The van der Waals surface area contributed by atoms with Gasteiger partial charge in [-0.15, -0.1) is 0 Å². The molecule has 0 aliphatic carbocycles. The summed E-state index contributed by atoms with van der Waals surface area (Å²) in [5.74, 6) is 1.46. The molecule has 39 heavy (non-hydrogen) atoms. The van der Waals surface area contributed by atoms with Crippen LogP contribution in [0.1, 0.15) is 73.3 Å². The number of nitrogens with zero attached hydrogens (tertiary/aromatic N) is 3. The molecule has 3 aromatic rings. The Bertz CT molecular complexity index is 1410. The number of hydrogen-bond acceptors (Lipinski definition) is 6. The fourth-order valence-electron chi connectivity index (χ4n) is 5.91. The Morgan fingerprint density at radius 3 is 2.33 bits per heavy atom. The van der Waals surface area contributed by atoms with Crippen molar-refractivity contribution >= 4 is 17.3 Å². The van der Waals surface area contributed by atoms with Crippen LogP contribution < -0.4 is 14.4 Å². The Kier molecular flexibility index (Phi) is 6.87. The maximum atomic E-state index is 14.1. The quantitative estimate of drug-likeness (QED) is 0.393. The molecule has 2 aliphatic rings. The summed E-state index contributed by atoms with van der Waals surface area (Å²) < 4.78 is 11.3. The Balaban J connectivity index is 1.60. The summed E-state index contributed by atoms with van der Waals surface area (Å²) in [6.07, 6.45) is 2.25. The topological polar surface area (TPSA) is 78.8 Å². The Labute approximate surface area is 231 Å². The van der Waals surface area contributed by atoms with Crippen LogP contribution in [0.2, 0.25) is 0 Å². The van der Waals surface area contributed by atoms with Crippen LogP contribution in [0.3, 0.4) is 0 Å². The number of benzene rings is 2. The van der Waals surface area contributed by atoms with E-state index in [4.69, 9.17) is 14.9 Å². The van der Waals surface area contributed by atoms with Crippen LogP contribution in [0.5, 0.6) is 11.6 Å². The van der Waals surface area contributed by atoms with Crippen molar-refractivity contribution in [3.05, 3.63) is 82.5 Å². The molecule has 2 aliphatic heterocycles. The van der Waals surface area contributed by atoms with Crippen molar-refractivity contribution in [1.82, 2.24) is 9.88 Å². The zero-order valence-corrected chi connectivity index (χ0v) is 23.8. The van der Waals surface area contributed by atoms with Gasteiger partial charge in [0.1, 0.15) is 17.3 Å². The van der Waals surface area contributed by atoms with Crippen molar-refractivity contribution < 1.29 is 14.3 Å². The molecule has 1 unspecified atom stereocenters. The molecule has 1 aromatic heterocycles. The van der Waals surface area contributed by atoms with Crippen molar-refractivity contribution in [2.24, 2.45) is 0 Å². The third-order valence-electron chi connectivity index (χ3n) is 8.13. The maximum Gasteiger partial charge on any atom is 0.213 e. The summed E-state index contributed by atoms with van der Waals surface area (Å²) in [5.41, 5.74) is 4.08. The van der Waals surface area contributed by atoms with Gasteiger partial charge in [0.2, 0.25) is 5.88 Å². The van der Waals surface area contributed by atoms with Gasteiger partial charge in [-0.25, -0.2) is 4.98 Å². The number of aromatic nitrogens is 1. The van der Waals surface area contributed by atoms with Crippen molar-refractivity contribution in [3.8, 4) is 11.6 Å². The number of nitrogens with one attached hydrogen (secondary N) is 1. The van der Waals surface area contributed by atoms with Gasteiger partial charge in [-0.05, 0) is 48.9 Å². The molecule has 7 nitrogen and oxygen atoms in total. The van der Waals surface area contributed by atoms with Crippen LogP contribution in [0.25, 0.3) is 0 Å². The minimum absolute atomic E-state index is 0.0399. The molecule has 1 atom stereocenters. The molecular formula is C32H38N4O3. The lowest BCUT2D eigenvalue weighted by Gasteiger charge is -2.37. The van der Waals surface area contributed by atoms with Gasteiger partial charge in [0, 0.05) is 35.8 Å². The number of amidine groups is 1. The fraction of sp³-hybridized carbons (Fsp3) is 0.406. The largest absolute Gasteiger partial charge is 0.494 e. The second kappa shape index (κ2) is 10.0. The van der Waals surface area contributed by atoms with Crippen LogP contribution in [0, 0.1) is 5.41 Å². The average Bonchev–Trinajstić information content (AvgIpc) is 3.55. The van der Waals surface area contributed by atoms with Crippen molar-refractivity contribution in [3.63, 3.8) is 0 Å². The number of ketones is 1. The molecule has 0 spiro atoms. The second-order valence-electron chi connectivity index (χ2n) is 11.6. The Hall–Kier alpha value is -3.87. The molecule has 7 heteroatoms. The smallest absolute Gasteiger partial charge is 0.213 e. The highest BCUT2D eigenvalue weighted by Crippen LogP contribution is 2.45. The summed E-state index contributed by atoms with van der Waals surface area (Å²) in [6.45, 7) is 10.4. The lowest BCUT2D eigenvalue weighted by atomic mass is 9.83. The molecule has 0 radical (unpaired) electrons. The van der Waals surface area contributed by atoms with Gasteiger partial charge in [-0.1, -0.05) is 51.1 Å². The predicted octanol–water partition coefficient (Wildman–Crippen LogP) is 5.78. The highest BCUT2D eigenvalue weighted by molar-refractivity contribution is 6.06. The lowest BCUT2D eigenvalue weighted by molar-refractivity contribution is 0.0930. The van der Waals surface area contributed by atoms with Crippen molar-refractivity contribution in [2.45, 2.75) is 51.5 Å². The van der Waals surface area contributed by atoms with Gasteiger partial charge >= 0.3 is 0 Å². The third-order valence-corrected chi connectivity index (χ3v) is 8.13. The molecule has 1 fully saturated rings. The molecule has 3 heterocycles. The highest BCUT2D eigenvalue weighted by Gasteiger charge is 2.47. The number of ether oxygens (including phenoxy) is 2. The number of hydrogen-bond donors (Lipinski definition) is 1. The van der Waals surface area contributed by atoms with Crippen molar-refractivity contribution in [2.75, 3.05) is 38.8 Å². The van der Waals surface area contributed by atoms with E-state index in [1.807, 2.05) is 59.5 Å². The number of Topliss-reactive ketones (excluding diaryl/α,β-unsaturated/α-hetero) is 1. The van der Waals surface area contributed by atoms with E-state index in [1.54, 1.807) is 14.2 Å². The molecule has 2 aromatic carbocycles. The Morgan fingerprint density at radius 2 is 1.72 bits per heavy atom. The van der Waals surface area contributed by atoms with E-state index in [0.29, 0.717) is 17.1 Å². The molecular weight excluding hydrogens is 488 g/mol. The number of rotatable bonds is 7. The van der Waals surface area contributed by atoms with Gasteiger partial charge in [-0.2, -0.15) is 0 Å². The summed E-state index contributed by atoms with van der Waals surface area (Å²) >= 11 is 0. The number of pyridine rings is 1. The first-order valence-corrected chi connectivity index (χ1v) is 13.6. The van der Waals surface area contributed by atoms with Crippen molar-refractivity contribution in [1.29, 1.82) is 5.41 Å². The SMILES string of the molecule is COc1ccc2c(n1)C(=N)N(CC(=O)c1cc(N3CCCC3)c(OC)c(C(C)(C)C)c1)C2(C)c1ccccc1. The minimum Gasteiger partial charge on any atom is -0.494 e. The first-order chi connectivity index (χ1) is 18.6. The number of methoxy groups -OCH3 is 2. The van der Waals surface area contributed by atoms with E-state index in [9.17, 15) is 4.79 Å². The normalized spacial score (nSPS) is 18.9. The first kappa shape index (κ1) is 26.7. The van der Waals surface area contributed by atoms with Gasteiger partial charge < -0.3 is 19.3 Å². The van der Waals surface area contributed by atoms with Gasteiger partial charge in [-0.3, -0.25) is 10.2 Å². The first-order valence-electron chi connectivity index (χ1n) is 13.6. The van der Waals surface area contributed by atoms with Gasteiger partial charge in [0.25, 0.3) is 0 Å². The summed E-state index contributed by atoms with van der Waals surface area (Å²) in [5, 5.41) is 9.13. The van der Waals surface area contributed by atoms with Crippen LogP contribution in [-0.2, 0) is 11.0 Å². The van der Waals surface area contributed by atoms with E-state index < -0.39 is 5.54 Å². The van der Waals surface area contributed by atoms with Gasteiger partial charge in [0.05, 0.1) is 32.0 Å². The standard InChI is InChI=1S/C32H38N4O3/c1-31(2,3)24-18-21(19-25(29(24)39-6)35-16-10-11-17-35)26(37)20-36-30(33)28-23(14-15-27(34-28)38-5)32(36,4)22-12-8-7-9-13-22/h7-9,12-15,18-19,33H,10-11,16-17,20H2,1-6H3. The molecule has 0 bridgehead atoms. The van der Waals surface area contributed by atoms with Crippen LogP contribution in [0.4, 0.5) is 5.69 Å². The summed E-state index contributed by atoms with van der Waals surface area (Å²) in [7, 11) is 3.28. The summed E-state index contributed by atoms with van der Waals surface area (Å²) in [6, 6.07) is 17.8. The van der Waals surface area contributed by atoms with E-state index in [1.165, 1.54) is 0 Å². The molecule has 5 rings (SSSR count). The second-order valence-corrected chi connectivity index (χ2v) is 11.6. The Morgan fingerprint density at radius 1 is 1.03 bits per heavy atom. The fourth-order valence-corrected chi connectivity index (χ4v) is 5.91. The average molecular weight is 527 g/mol. The molecule has 1 N–H and O–H groups in total. The third kappa shape index (κ3) is 4.54. The van der Waals surface area contributed by atoms with E-state index in [-0.39, 0.29) is 23.6 Å². The number of carbonyl (C=O) groups excluding carboxylic acids is 1. The van der Waals surface area contributed by atoms with Gasteiger partial charge in [0.15, 0.2) is 5.78 Å². The number of fused-ring (bicyclic) bond motifs is 1.